The van der Waals surface area contributed by atoms with Gasteiger partial charge in [-0.05, 0) is 29.5 Å². The summed E-state index contributed by atoms with van der Waals surface area (Å²) in [6.45, 7) is 8.13. The zero-order valence-electron chi connectivity index (χ0n) is 12.7. The molecular weight excluding hydrogens is 266 g/mol. The SMILES string of the molecule is Cc1cccc(C(=O)O)c1Oc1ccc(C(C)(C)C)cn1. The fourth-order valence-electron chi connectivity index (χ4n) is 1.95. The molecule has 0 saturated heterocycles. The number of pyridine rings is 1. The van der Waals surface area contributed by atoms with Gasteiger partial charge in [-0.1, -0.05) is 39.0 Å². The van der Waals surface area contributed by atoms with Crippen LogP contribution in [0.4, 0.5) is 0 Å². The van der Waals surface area contributed by atoms with Gasteiger partial charge in [0.05, 0.1) is 0 Å². The van der Waals surface area contributed by atoms with Crippen molar-refractivity contribution in [3.63, 3.8) is 0 Å². The number of benzene rings is 1. The van der Waals surface area contributed by atoms with Crippen LogP contribution in [0.2, 0.25) is 0 Å². The fraction of sp³-hybridized carbons (Fsp3) is 0.294. The third-order valence-corrected chi connectivity index (χ3v) is 3.25. The van der Waals surface area contributed by atoms with Crippen LogP contribution >= 0.6 is 0 Å². The Morgan fingerprint density at radius 2 is 1.90 bits per heavy atom. The van der Waals surface area contributed by atoms with E-state index in [1.807, 2.05) is 19.1 Å². The number of nitrogens with zero attached hydrogens (tertiary/aromatic N) is 1. The topological polar surface area (TPSA) is 59.4 Å². The summed E-state index contributed by atoms with van der Waals surface area (Å²) in [5.41, 5.74) is 2.01. The van der Waals surface area contributed by atoms with Gasteiger partial charge in [-0.3, -0.25) is 0 Å². The van der Waals surface area contributed by atoms with Crippen LogP contribution in [0.3, 0.4) is 0 Å². The lowest BCUT2D eigenvalue weighted by molar-refractivity contribution is 0.0694. The Labute approximate surface area is 124 Å². The first-order valence-electron chi connectivity index (χ1n) is 6.76. The number of aromatic carboxylic acids is 1. The lowest BCUT2D eigenvalue weighted by Crippen LogP contribution is -2.11. The van der Waals surface area contributed by atoms with E-state index in [9.17, 15) is 9.90 Å². The monoisotopic (exact) mass is 285 g/mol. The van der Waals surface area contributed by atoms with Gasteiger partial charge in [0, 0.05) is 12.3 Å². The van der Waals surface area contributed by atoms with E-state index in [2.05, 4.69) is 25.8 Å². The van der Waals surface area contributed by atoms with Gasteiger partial charge in [0.25, 0.3) is 0 Å². The number of rotatable bonds is 3. The Balaban J connectivity index is 2.33. The van der Waals surface area contributed by atoms with E-state index in [1.54, 1.807) is 18.3 Å². The summed E-state index contributed by atoms with van der Waals surface area (Å²) in [5.74, 6) is -0.291. The van der Waals surface area contributed by atoms with Crippen molar-refractivity contribution < 1.29 is 14.6 Å². The van der Waals surface area contributed by atoms with Crippen LogP contribution in [0.1, 0.15) is 42.3 Å². The maximum atomic E-state index is 11.2. The molecule has 1 aromatic heterocycles. The standard InChI is InChI=1S/C17H19NO3/c1-11-6-5-7-13(16(19)20)15(11)21-14-9-8-12(10-18-14)17(2,3)4/h5-10H,1-4H3,(H,19,20). The van der Waals surface area contributed by atoms with Gasteiger partial charge in [0.1, 0.15) is 11.3 Å². The molecule has 0 radical (unpaired) electrons. The second-order valence-corrected chi connectivity index (χ2v) is 5.99. The molecule has 0 aliphatic carbocycles. The van der Waals surface area contributed by atoms with Crippen molar-refractivity contribution in [3.05, 3.63) is 53.2 Å². The molecule has 0 saturated carbocycles. The number of hydrogen-bond acceptors (Lipinski definition) is 3. The molecule has 2 rings (SSSR count). The summed E-state index contributed by atoms with van der Waals surface area (Å²) in [6, 6.07) is 8.74. The van der Waals surface area contributed by atoms with Gasteiger partial charge in [0.2, 0.25) is 5.88 Å². The van der Waals surface area contributed by atoms with Gasteiger partial charge < -0.3 is 9.84 Å². The van der Waals surface area contributed by atoms with Gasteiger partial charge in [-0.25, -0.2) is 9.78 Å². The first kappa shape index (κ1) is 15.0. The van der Waals surface area contributed by atoms with Crippen LogP contribution in [0.15, 0.2) is 36.5 Å². The van der Waals surface area contributed by atoms with Crippen LogP contribution in [-0.2, 0) is 5.41 Å². The molecule has 21 heavy (non-hydrogen) atoms. The third-order valence-electron chi connectivity index (χ3n) is 3.25. The maximum Gasteiger partial charge on any atom is 0.339 e. The molecule has 110 valence electrons. The summed E-state index contributed by atoms with van der Waals surface area (Å²) in [4.78, 5) is 15.5. The van der Waals surface area contributed by atoms with Crippen molar-refractivity contribution in [2.45, 2.75) is 33.1 Å². The highest BCUT2D eigenvalue weighted by molar-refractivity contribution is 5.91. The van der Waals surface area contributed by atoms with Gasteiger partial charge in [0.15, 0.2) is 0 Å². The molecule has 0 aliphatic heterocycles. The highest BCUT2D eigenvalue weighted by Gasteiger charge is 2.16. The molecule has 0 aliphatic rings. The van der Waals surface area contributed by atoms with Gasteiger partial charge in [-0.15, -0.1) is 0 Å². The minimum absolute atomic E-state index is 0.0143. The number of aryl methyl sites for hydroxylation is 1. The molecule has 1 N–H and O–H groups in total. The van der Waals surface area contributed by atoms with Crippen molar-refractivity contribution in [2.24, 2.45) is 0 Å². The maximum absolute atomic E-state index is 11.2. The van der Waals surface area contributed by atoms with Gasteiger partial charge in [-0.2, -0.15) is 0 Å². The summed E-state index contributed by atoms with van der Waals surface area (Å²) in [6.07, 6.45) is 1.76. The van der Waals surface area contributed by atoms with Crippen LogP contribution in [0.25, 0.3) is 0 Å². The minimum atomic E-state index is -1.01. The average Bonchev–Trinajstić information content (AvgIpc) is 2.40. The smallest absolute Gasteiger partial charge is 0.339 e. The molecule has 4 nitrogen and oxygen atoms in total. The molecule has 2 aromatic rings. The van der Waals surface area contributed by atoms with E-state index in [4.69, 9.17) is 4.74 Å². The van der Waals surface area contributed by atoms with E-state index >= 15 is 0 Å². The van der Waals surface area contributed by atoms with E-state index < -0.39 is 5.97 Å². The highest BCUT2D eigenvalue weighted by Crippen LogP contribution is 2.29. The number of carboxylic acid groups (broad SMARTS) is 1. The highest BCUT2D eigenvalue weighted by atomic mass is 16.5. The number of aromatic nitrogens is 1. The summed E-state index contributed by atoms with van der Waals surface area (Å²) < 4.78 is 5.68. The molecule has 4 heteroatoms. The number of carbonyl (C=O) groups is 1. The number of hydrogen-bond donors (Lipinski definition) is 1. The number of carboxylic acids is 1. The van der Waals surface area contributed by atoms with E-state index in [0.29, 0.717) is 11.6 Å². The molecule has 0 spiro atoms. The van der Waals surface area contributed by atoms with Crippen molar-refractivity contribution in [1.82, 2.24) is 4.98 Å². The van der Waals surface area contributed by atoms with Crippen molar-refractivity contribution >= 4 is 5.97 Å². The average molecular weight is 285 g/mol. The number of para-hydroxylation sites is 1. The molecule has 0 amide bonds. The predicted molar refractivity (Wildman–Crippen MR) is 81.1 cm³/mol. The van der Waals surface area contributed by atoms with Crippen molar-refractivity contribution in [3.8, 4) is 11.6 Å². The molecule has 0 bridgehead atoms. The third kappa shape index (κ3) is 3.40. The summed E-state index contributed by atoms with van der Waals surface area (Å²) in [7, 11) is 0. The van der Waals surface area contributed by atoms with E-state index in [0.717, 1.165) is 11.1 Å². The lowest BCUT2D eigenvalue weighted by Gasteiger charge is -2.18. The minimum Gasteiger partial charge on any atom is -0.478 e. The Hall–Kier alpha value is -2.36. The van der Waals surface area contributed by atoms with E-state index in [1.165, 1.54) is 6.07 Å². The first-order chi connectivity index (χ1) is 9.79. The second-order valence-electron chi connectivity index (χ2n) is 5.99. The quantitative estimate of drug-likeness (QED) is 0.919. The van der Waals surface area contributed by atoms with Crippen molar-refractivity contribution in [2.75, 3.05) is 0 Å². The normalized spacial score (nSPS) is 11.2. The zero-order valence-corrected chi connectivity index (χ0v) is 12.7. The lowest BCUT2D eigenvalue weighted by atomic mass is 9.88. The van der Waals surface area contributed by atoms with Crippen molar-refractivity contribution in [1.29, 1.82) is 0 Å². The van der Waals surface area contributed by atoms with E-state index in [-0.39, 0.29) is 11.0 Å². The van der Waals surface area contributed by atoms with Crippen LogP contribution in [0.5, 0.6) is 11.6 Å². The Morgan fingerprint density at radius 1 is 1.19 bits per heavy atom. The molecule has 0 unspecified atom stereocenters. The fourth-order valence-corrected chi connectivity index (χ4v) is 1.95. The van der Waals surface area contributed by atoms with Crippen LogP contribution in [0, 0.1) is 6.92 Å². The number of ether oxygens (including phenoxy) is 1. The Bertz CT molecular complexity index is 655. The molecule has 1 heterocycles. The second kappa shape index (κ2) is 5.56. The first-order valence-corrected chi connectivity index (χ1v) is 6.76. The summed E-state index contributed by atoms with van der Waals surface area (Å²) in [5, 5.41) is 9.22. The van der Waals surface area contributed by atoms with Crippen LogP contribution in [-0.4, -0.2) is 16.1 Å². The molecule has 0 atom stereocenters. The van der Waals surface area contributed by atoms with Crippen LogP contribution < -0.4 is 4.74 Å². The Morgan fingerprint density at radius 3 is 2.43 bits per heavy atom. The Kier molecular flexibility index (Phi) is 3.98. The predicted octanol–water partition coefficient (Wildman–Crippen LogP) is 4.18. The molecule has 1 aromatic carbocycles. The summed E-state index contributed by atoms with van der Waals surface area (Å²) >= 11 is 0. The largest absolute Gasteiger partial charge is 0.478 e. The zero-order chi connectivity index (χ0) is 15.6. The van der Waals surface area contributed by atoms with Gasteiger partial charge >= 0.3 is 5.97 Å². The molecule has 0 fully saturated rings. The molecular formula is C17H19NO3.